The Morgan fingerprint density at radius 1 is 1.03 bits per heavy atom. The van der Waals surface area contributed by atoms with Crippen molar-refractivity contribution in [3.63, 3.8) is 0 Å². The lowest BCUT2D eigenvalue weighted by molar-refractivity contribution is -0.118. The second-order valence-electron chi connectivity index (χ2n) is 7.40. The molecule has 8 heteroatoms. The number of carbonyl (C=O) groups excluding carboxylic acids is 2. The summed E-state index contributed by atoms with van der Waals surface area (Å²) in [4.78, 5) is 25.0. The average molecular weight is 534 g/mol. The van der Waals surface area contributed by atoms with E-state index in [1.165, 1.54) is 6.08 Å². The minimum Gasteiger partial charge on any atom is -0.490 e. The van der Waals surface area contributed by atoms with Gasteiger partial charge in [0.2, 0.25) is 0 Å². The van der Waals surface area contributed by atoms with Gasteiger partial charge >= 0.3 is 0 Å². The lowest BCUT2D eigenvalue weighted by atomic mass is 10.1. The van der Waals surface area contributed by atoms with E-state index in [4.69, 9.17) is 9.47 Å². The van der Waals surface area contributed by atoms with Gasteiger partial charge in [-0.05, 0) is 77.3 Å². The van der Waals surface area contributed by atoms with Gasteiger partial charge in [0.25, 0.3) is 11.8 Å². The second-order valence-corrected chi connectivity index (χ2v) is 8.26. The molecule has 0 aliphatic carbocycles. The van der Waals surface area contributed by atoms with Crippen LogP contribution in [0.25, 0.3) is 6.08 Å². The van der Waals surface area contributed by atoms with Gasteiger partial charge in [-0.3, -0.25) is 9.59 Å². The molecule has 0 unspecified atom stereocenters. The highest BCUT2D eigenvalue weighted by atomic mass is 79.9. The summed E-state index contributed by atoms with van der Waals surface area (Å²) in [6, 6.07) is 21.6. The van der Waals surface area contributed by atoms with E-state index in [-0.39, 0.29) is 18.1 Å². The molecule has 0 atom stereocenters. The highest BCUT2D eigenvalue weighted by molar-refractivity contribution is 9.10. The quantitative estimate of drug-likeness (QED) is 0.270. The van der Waals surface area contributed by atoms with E-state index in [0.717, 1.165) is 5.56 Å². The Kier molecular flexibility index (Phi) is 9.04. The maximum atomic E-state index is 12.5. The summed E-state index contributed by atoms with van der Waals surface area (Å²) in [5.74, 6) is -0.128. The van der Waals surface area contributed by atoms with Crippen LogP contribution in [0.2, 0.25) is 0 Å². The van der Waals surface area contributed by atoms with Crippen LogP contribution in [-0.4, -0.2) is 25.0 Å². The molecule has 7 nitrogen and oxygen atoms in total. The van der Waals surface area contributed by atoms with Gasteiger partial charge < -0.3 is 20.1 Å². The van der Waals surface area contributed by atoms with Crippen LogP contribution in [0.1, 0.15) is 18.1 Å². The second kappa shape index (κ2) is 12.4. The molecule has 0 saturated carbocycles. The van der Waals surface area contributed by atoms with Gasteiger partial charge in [-0.1, -0.05) is 36.4 Å². The van der Waals surface area contributed by atoms with Crippen LogP contribution in [0.4, 0.5) is 11.4 Å². The summed E-state index contributed by atoms with van der Waals surface area (Å²) in [7, 11) is 0. The van der Waals surface area contributed by atoms with Crippen LogP contribution >= 0.6 is 15.9 Å². The maximum Gasteiger partial charge on any atom is 0.266 e. The molecular formula is C27H24BrN3O4. The van der Waals surface area contributed by atoms with Crippen molar-refractivity contribution in [3.05, 3.63) is 87.9 Å². The molecule has 3 aromatic carbocycles. The molecule has 0 bridgehead atoms. The van der Waals surface area contributed by atoms with E-state index in [9.17, 15) is 14.9 Å². The van der Waals surface area contributed by atoms with Gasteiger partial charge in [-0.25, -0.2) is 0 Å². The molecule has 3 rings (SSSR count). The zero-order valence-electron chi connectivity index (χ0n) is 19.3. The first-order valence-electron chi connectivity index (χ1n) is 10.8. The number of para-hydroxylation sites is 2. The molecule has 178 valence electrons. The number of nitrogens with one attached hydrogen (secondary N) is 2. The van der Waals surface area contributed by atoms with Crippen molar-refractivity contribution in [2.45, 2.75) is 13.8 Å². The van der Waals surface area contributed by atoms with E-state index >= 15 is 0 Å². The first kappa shape index (κ1) is 25.5. The summed E-state index contributed by atoms with van der Waals surface area (Å²) in [5, 5.41) is 15.0. The summed E-state index contributed by atoms with van der Waals surface area (Å²) in [6.45, 7) is 3.84. The van der Waals surface area contributed by atoms with Crippen LogP contribution < -0.4 is 20.1 Å². The third-order valence-electron chi connectivity index (χ3n) is 4.81. The van der Waals surface area contributed by atoms with Crippen LogP contribution in [-0.2, 0) is 9.59 Å². The Labute approximate surface area is 212 Å². The van der Waals surface area contributed by atoms with E-state index in [2.05, 4.69) is 26.6 Å². The fraction of sp³-hybridized carbons (Fsp3) is 0.148. The monoisotopic (exact) mass is 533 g/mol. The lowest BCUT2D eigenvalue weighted by Crippen LogP contribution is -2.21. The van der Waals surface area contributed by atoms with E-state index in [0.29, 0.717) is 39.5 Å². The number of halogens is 1. The topological polar surface area (TPSA) is 100 Å². The fourth-order valence-electron chi connectivity index (χ4n) is 3.15. The molecule has 0 heterocycles. The number of hydrogen-bond donors (Lipinski definition) is 2. The zero-order valence-corrected chi connectivity index (χ0v) is 20.9. The SMILES string of the molecule is CCOc1cc(/C=C(\C#N)C(=O)Nc2ccccc2)cc(Br)c1OCC(=O)Nc1ccccc1C. The molecule has 35 heavy (non-hydrogen) atoms. The summed E-state index contributed by atoms with van der Waals surface area (Å²) >= 11 is 3.45. The molecule has 3 aromatic rings. The number of carbonyl (C=O) groups is 2. The van der Waals surface area contributed by atoms with Gasteiger partial charge in [0.05, 0.1) is 11.1 Å². The number of aryl methyl sites for hydroxylation is 1. The summed E-state index contributed by atoms with van der Waals surface area (Å²) < 4.78 is 12.0. The van der Waals surface area contributed by atoms with Crippen molar-refractivity contribution in [2.75, 3.05) is 23.8 Å². The standard InChI is InChI=1S/C27H24BrN3O4/c1-3-34-24-15-19(13-20(16-29)27(33)30-21-10-5-4-6-11-21)14-22(28)26(24)35-17-25(32)31-23-12-8-7-9-18(23)2/h4-15H,3,17H2,1-2H3,(H,30,33)(H,31,32)/b20-13+. The van der Waals surface area contributed by atoms with Gasteiger partial charge in [0, 0.05) is 11.4 Å². The molecule has 0 aliphatic heterocycles. The van der Waals surface area contributed by atoms with Crippen LogP contribution in [0.3, 0.4) is 0 Å². The third kappa shape index (κ3) is 7.19. The highest BCUT2D eigenvalue weighted by Gasteiger charge is 2.16. The van der Waals surface area contributed by atoms with Crippen molar-refractivity contribution >= 4 is 45.2 Å². The molecule has 0 saturated heterocycles. The third-order valence-corrected chi connectivity index (χ3v) is 5.40. The minimum atomic E-state index is -0.527. The van der Waals surface area contributed by atoms with Crippen molar-refractivity contribution in [2.24, 2.45) is 0 Å². The number of amides is 2. The number of hydrogen-bond acceptors (Lipinski definition) is 5. The van der Waals surface area contributed by atoms with E-state index in [1.807, 2.05) is 50.2 Å². The molecule has 0 aliphatic rings. The van der Waals surface area contributed by atoms with Crippen molar-refractivity contribution in [1.82, 2.24) is 0 Å². The molecule has 0 aromatic heterocycles. The average Bonchev–Trinajstić information content (AvgIpc) is 2.84. The number of rotatable bonds is 9. The Balaban J connectivity index is 1.77. The first-order valence-corrected chi connectivity index (χ1v) is 11.6. The van der Waals surface area contributed by atoms with Crippen molar-refractivity contribution < 1.29 is 19.1 Å². The summed E-state index contributed by atoms with van der Waals surface area (Å²) in [5.41, 5.74) is 2.72. The lowest BCUT2D eigenvalue weighted by Gasteiger charge is -2.15. The molecule has 0 spiro atoms. The minimum absolute atomic E-state index is 0.0746. The normalized spacial score (nSPS) is 10.7. The Morgan fingerprint density at radius 2 is 1.74 bits per heavy atom. The smallest absolute Gasteiger partial charge is 0.266 e. The Bertz CT molecular complexity index is 1280. The first-order chi connectivity index (χ1) is 16.9. The number of benzene rings is 3. The van der Waals surface area contributed by atoms with Gasteiger partial charge in [0.15, 0.2) is 18.1 Å². The van der Waals surface area contributed by atoms with Gasteiger partial charge in [-0.2, -0.15) is 5.26 Å². The van der Waals surface area contributed by atoms with E-state index in [1.54, 1.807) is 36.4 Å². The van der Waals surface area contributed by atoms with Gasteiger partial charge in [0.1, 0.15) is 11.6 Å². The largest absolute Gasteiger partial charge is 0.490 e. The van der Waals surface area contributed by atoms with Gasteiger partial charge in [-0.15, -0.1) is 0 Å². The molecule has 2 N–H and O–H groups in total. The van der Waals surface area contributed by atoms with Crippen LogP contribution in [0.15, 0.2) is 76.8 Å². The molecule has 0 fully saturated rings. The molecule has 0 radical (unpaired) electrons. The molecular weight excluding hydrogens is 510 g/mol. The predicted molar refractivity (Wildman–Crippen MR) is 139 cm³/mol. The van der Waals surface area contributed by atoms with Crippen molar-refractivity contribution in [1.29, 1.82) is 5.26 Å². The number of ether oxygens (including phenoxy) is 2. The number of nitrogens with zero attached hydrogens (tertiary/aromatic N) is 1. The van der Waals surface area contributed by atoms with Crippen LogP contribution in [0.5, 0.6) is 11.5 Å². The maximum absolute atomic E-state index is 12.5. The predicted octanol–water partition coefficient (Wildman–Crippen LogP) is 5.72. The fourth-order valence-corrected chi connectivity index (χ4v) is 3.72. The van der Waals surface area contributed by atoms with Crippen molar-refractivity contribution in [3.8, 4) is 17.6 Å². The Hall–Kier alpha value is -4.09. The highest BCUT2D eigenvalue weighted by Crippen LogP contribution is 2.37. The number of nitriles is 1. The van der Waals surface area contributed by atoms with E-state index < -0.39 is 5.91 Å². The zero-order chi connectivity index (χ0) is 25.2. The summed E-state index contributed by atoms with van der Waals surface area (Å²) in [6.07, 6.45) is 1.46. The number of anilines is 2. The Morgan fingerprint density at radius 3 is 2.43 bits per heavy atom. The molecule has 2 amide bonds. The van der Waals surface area contributed by atoms with Crippen LogP contribution in [0, 0.1) is 18.3 Å².